The van der Waals surface area contributed by atoms with E-state index in [0.717, 1.165) is 0 Å². The van der Waals surface area contributed by atoms with Crippen molar-refractivity contribution in [3.05, 3.63) is 29.6 Å². The fourth-order valence-corrected chi connectivity index (χ4v) is 0.808. The Hall–Kier alpha value is -1.91. The number of pyridine rings is 1. The molecule has 0 saturated carbocycles. The van der Waals surface area contributed by atoms with Crippen LogP contribution in [0.5, 0.6) is 0 Å². The molecule has 5 heteroatoms. The quantitative estimate of drug-likeness (QED) is 0.678. The number of nitrogens with one attached hydrogen (secondary N) is 1. The third-order valence-electron chi connectivity index (χ3n) is 1.43. The van der Waals surface area contributed by atoms with Crippen molar-refractivity contribution in [3.63, 3.8) is 0 Å². The lowest BCUT2D eigenvalue weighted by Crippen LogP contribution is -2.20. The van der Waals surface area contributed by atoms with Gasteiger partial charge in [-0.1, -0.05) is 6.07 Å². The maximum atomic E-state index is 11.0. The highest BCUT2D eigenvalue weighted by Gasteiger charge is 2.08. The van der Waals surface area contributed by atoms with Gasteiger partial charge in [0.1, 0.15) is 11.4 Å². The highest BCUT2D eigenvalue weighted by Crippen LogP contribution is 1.98. The van der Waals surface area contributed by atoms with E-state index in [4.69, 9.17) is 5.11 Å². The second kappa shape index (κ2) is 3.66. The van der Waals surface area contributed by atoms with Gasteiger partial charge in [0.25, 0.3) is 5.91 Å². The Kier molecular flexibility index (Phi) is 2.59. The molecule has 0 aromatic carbocycles. The molecule has 2 N–H and O–H groups in total. The van der Waals surface area contributed by atoms with Crippen LogP contribution in [-0.4, -0.2) is 29.0 Å². The Morgan fingerprint density at radius 2 is 2.00 bits per heavy atom. The van der Waals surface area contributed by atoms with Crippen LogP contribution < -0.4 is 5.32 Å². The Labute approximate surface area is 74.4 Å². The maximum Gasteiger partial charge on any atom is 0.354 e. The Morgan fingerprint density at radius 3 is 2.54 bits per heavy atom. The summed E-state index contributed by atoms with van der Waals surface area (Å²) in [7, 11) is 1.46. The average molecular weight is 180 g/mol. The van der Waals surface area contributed by atoms with Gasteiger partial charge in [-0.2, -0.15) is 0 Å². The highest BCUT2D eigenvalue weighted by molar-refractivity contribution is 5.93. The van der Waals surface area contributed by atoms with Gasteiger partial charge < -0.3 is 10.4 Å². The summed E-state index contributed by atoms with van der Waals surface area (Å²) in [5, 5.41) is 10.9. The molecule has 0 unspecified atom stereocenters. The predicted molar refractivity (Wildman–Crippen MR) is 44.6 cm³/mol. The van der Waals surface area contributed by atoms with Crippen LogP contribution in [0.2, 0.25) is 0 Å². The van der Waals surface area contributed by atoms with Crippen molar-refractivity contribution in [1.29, 1.82) is 0 Å². The summed E-state index contributed by atoms with van der Waals surface area (Å²) >= 11 is 0. The first kappa shape index (κ1) is 9.18. The number of rotatable bonds is 2. The number of hydrogen-bond acceptors (Lipinski definition) is 3. The number of nitrogens with zero attached hydrogens (tertiary/aromatic N) is 1. The molecule has 0 saturated heterocycles. The van der Waals surface area contributed by atoms with Crippen molar-refractivity contribution >= 4 is 11.9 Å². The largest absolute Gasteiger partial charge is 0.477 e. The Bertz CT molecular complexity index is 349. The maximum absolute atomic E-state index is 11.0. The van der Waals surface area contributed by atoms with Gasteiger partial charge in [-0.05, 0) is 12.1 Å². The predicted octanol–water partition coefficient (Wildman–Crippen LogP) is 0.139. The molecule has 0 aliphatic heterocycles. The SMILES string of the molecule is CNC(=O)c1cccc(C(=O)O)n1. The first-order valence-electron chi connectivity index (χ1n) is 3.57. The first-order chi connectivity index (χ1) is 6.15. The molecule has 0 bridgehead atoms. The number of carbonyl (C=O) groups excluding carboxylic acids is 1. The molecule has 13 heavy (non-hydrogen) atoms. The minimum Gasteiger partial charge on any atom is -0.477 e. The van der Waals surface area contributed by atoms with Gasteiger partial charge in [-0.15, -0.1) is 0 Å². The molecule has 1 rings (SSSR count). The third kappa shape index (κ3) is 2.02. The lowest BCUT2D eigenvalue weighted by molar-refractivity contribution is 0.0690. The molecular weight excluding hydrogens is 172 g/mol. The van der Waals surface area contributed by atoms with Crippen LogP contribution in [0.3, 0.4) is 0 Å². The molecule has 1 aromatic rings. The minimum absolute atomic E-state index is 0.0994. The van der Waals surface area contributed by atoms with Crippen LogP contribution in [0, 0.1) is 0 Å². The Morgan fingerprint density at radius 1 is 1.38 bits per heavy atom. The number of carbonyl (C=O) groups is 2. The molecule has 1 aromatic heterocycles. The highest BCUT2D eigenvalue weighted by atomic mass is 16.4. The summed E-state index contributed by atoms with van der Waals surface area (Å²) in [5.74, 6) is -1.55. The van der Waals surface area contributed by atoms with E-state index in [1.807, 2.05) is 0 Å². The monoisotopic (exact) mass is 180 g/mol. The van der Waals surface area contributed by atoms with Crippen molar-refractivity contribution in [1.82, 2.24) is 10.3 Å². The van der Waals surface area contributed by atoms with Gasteiger partial charge in [0.2, 0.25) is 0 Å². The van der Waals surface area contributed by atoms with E-state index in [1.54, 1.807) is 0 Å². The molecule has 0 radical (unpaired) electrons. The second-order valence-corrected chi connectivity index (χ2v) is 2.29. The molecule has 1 heterocycles. The van der Waals surface area contributed by atoms with Crippen molar-refractivity contribution < 1.29 is 14.7 Å². The third-order valence-corrected chi connectivity index (χ3v) is 1.43. The van der Waals surface area contributed by atoms with E-state index in [1.165, 1.54) is 25.2 Å². The molecule has 0 aliphatic carbocycles. The summed E-state index contributed by atoms with van der Waals surface area (Å²) < 4.78 is 0. The molecule has 5 nitrogen and oxygen atoms in total. The van der Waals surface area contributed by atoms with Crippen molar-refractivity contribution in [2.45, 2.75) is 0 Å². The Balaban J connectivity index is 3.05. The van der Waals surface area contributed by atoms with Crippen LogP contribution in [0.1, 0.15) is 21.0 Å². The van der Waals surface area contributed by atoms with E-state index in [2.05, 4.69) is 10.3 Å². The van der Waals surface area contributed by atoms with E-state index in [-0.39, 0.29) is 11.4 Å². The minimum atomic E-state index is -1.15. The van der Waals surface area contributed by atoms with Gasteiger partial charge in [-0.25, -0.2) is 9.78 Å². The molecule has 68 valence electrons. The summed E-state index contributed by atoms with van der Waals surface area (Å²) in [4.78, 5) is 25.1. The van der Waals surface area contributed by atoms with Crippen molar-refractivity contribution in [2.75, 3.05) is 7.05 Å². The van der Waals surface area contributed by atoms with Gasteiger partial charge in [0.05, 0.1) is 0 Å². The zero-order valence-electron chi connectivity index (χ0n) is 6.94. The van der Waals surface area contributed by atoms with Crippen LogP contribution in [0.25, 0.3) is 0 Å². The molecule has 0 atom stereocenters. The summed E-state index contributed by atoms with van der Waals surface area (Å²) in [6, 6.07) is 4.25. The summed E-state index contributed by atoms with van der Waals surface area (Å²) in [6.45, 7) is 0. The smallest absolute Gasteiger partial charge is 0.354 e. The fourth-order valence-electron chi connectivity index (χ4n) is 0.808. The zero-order chi connectivity index (χ0) is 9.84. The summed E-state index contributed by atoms with van der Waals surface area (Å²) in [5.41, 5.74) is -0.0384. The average Bonchev–Trinajstić information content (AvgIpc) is 2.17. The van der Waals surface area contributed by atoms with E-state index >= 15 is 0 Å². The molecular formula is C8H8N2O3. The van der Waals surface area contributed by atoms with Gasteiger partial charge in [0.15, 0.2) is 0 Å². The topological polar surface area (TPSA) is 79.3 Å². The van der Waals surface area contributed by atoms with Gasteiger partial charge >= 0.3 is 5.97 Å². The number of carboxylic acid groups (broad SMARTS) is 1. The molecule has 1 amide bonds. The van der Waals surface area contributed by atoms with Crippen LogP contribution in [0.15, 0.2) is 18.2 Å². The van der Waals surface area contributed by atoms with Crippen molar-refractivity contribution in [2.24, 2.45) is 0 Å². The number of amides is 1. The van der Waals surface area contributed by atoms with Gasteiger partial charge in [-0.3, -0.25) is 4.79 Å². The molecule has 0 aliphatic rings. The first-order valence-corrected chi connectivity index (χ1v) is 3.57. The van der Waals surface area contributed by atoms with Gasteiger partial charge in [0, 0.05) is 7.05 Å². The normalized spacial score (nSPS) is 9.31. The number of aromatic nitrogens is 1. The lowest BCUT2D eigenvalue weighted by Gasteiger charge is -1.98. The van der Waals surface area contributed by atoms with E-state index < -0.39 is 11.9 Å². The van der Waals surface area contributed by atoms with Crippen LogP contribution >= 0.6 is 0 Å². The number of hydrogen-bond donors (Lipinski definition) is 2. The standard InChI is InChI=1S/C8H8N2O3/c1-9-7(11)5-3-2-4-6(10-5)8(12)13/h2-4H,1H3,(H,9,11)(H,12,13). The molecule has 0 spiro atoms. The van der Waals surface area contributed by atoms with Crippen LogP contribution in [0.4, 0.5) is 0 Å². The number of aromatic carboxylic acids is 1. The van der Waals surface area contributed by atoms with E-state index in [0.29, 0.717) is 0 Å². The lowest BCUT2D eigenvalue weighted by atomic mass is 10.3. The van der Waals surface area contributed by atoms with Crippen LogP contribution in [-0.2, 0) is 0 Å². The fraction of sp³-hybridized carbons (Fsp3) is 0.125. The number of carboxylic acids is 1. The van der Waals surface area contributed by atoms with Crippen molar-refractivity contribution in [3.8, 4) is 0 Å². The summed E-state index contributed by atoms with van der Waals surface area (Å²) in [6.07, 6.45) is 0. The van der Waals surface area contributed by atoms with E-state index in [9.17, 15) is 9.59 Å². The second-order valence-electron chi connectivity index (χ2n) is 2.29. The molecule has 0 fully saturated rings. The zero-order valence-corrected chi connectivity index (χ0v) is 6.94.